The van der Waals surface area contributed by atoms with Crippen LogP contribution < -0.4 is 14.8 Å². The zero-order chi connectivity index (χ0) is 18.9. The maximum Gasteiger partial charge on any atom is 0.387 e. The van der Waals surface area contributed by atoms with Crippen LogP contribution >= 0.6 is 0 Å². The summed E-state index contributed by atoms with van der Waals surface area (Å²) in [7, 11) is 0. The average molecular weight is 365 g/mol. The van der Waals surface area contributed by atoms with E-state index in [-0.39, 0.29) is 36.4 Å². The Morgan fingerprint density at radius 3 is 2.54 bits per heavy atom. The summed E-state index contributed by atoms with van der Waals surface area (Å²) in [6.07, 6.45) is 2.83. The van der Waals surface area contributed by atoms with Crippen LogP contribution in [0.3, 0.4) is 0 Å². The summed E-state index contributed by atoms with van der Waals surface area (Å²) in [6, 6.07) is 10.2. The molecule has 0 heterocycles. The van der Waals surface area contributed by atoms with Gasteiger partial charge in [-0.05, 0) is 48.4 Å². The molecule has 0 spiro atoms. The molecule has 0 radical (unpaired) electrons. The lowest BCUT2D eigenvalue weighted by molar-refractivity contribution is -0.116. The van der Waals surface area contributed by atoms with Gasteiger partial charge in [0.25, 0.3) is 0 Å². The minimum Gasteiger partial charge on any atom is -0.490 e. The quantitative estimate of drug-likeness (QED) is 0.715. The van der Waals surface area contributed by atoms with Gasteiger partial charge in [0.05, 0.1) is 6.61 Å². The van der Waals surface area contributed by atoms with Gasteiger partial charge >= 0.3 is 6.61 Å². The van der Waals surface area contributed by atoms with Crippen molar-refractivity contribution >= 4 is 12.0 Å². The molecule has 1 N–H and O–H groups in total. The van der Waals surface area contributed by atoms with E-state index in [0.717, 1.165) is 5.56 Å². The number of hydrogen-bond donors (Lipinski definition) is 1. The summed E-state index contributed by atoms with van der Waals surface area (Å²) in [5, 5.41) is 2.66. The van der Waals surface area contributed by atoms with Crippen LogP contribution in [0.4, 0.5) is 13.2 Å². The van der Waals surface area contributed by atoms with Crippen LogP contribution in [0.25, 0.3) is 6.08 Å². The van der Waals surface area contributed by atoms with Crippen LogP contribution in [0.5, 0.6) is 11.5 Å². The highest BCUT2D eigenvalue weighted by atomic mass is 19.3. The molecule has 0 aliphatic heterocycles. The van der Waals surface area contributed by atoms with Crippen LogP contribution in [0.15, 0.2) is 48.5 Å². The third-order valence-electron chi connectivity index (χ3n) is 3.29. The molecule has 0 bridgehead atoms. The highest BCUT2D eigenvalue weighted by Gasteiger charge is 2.11. The summed E-state index contributed by atoms with van der Waals surface area (Å²) >= 11 is 0. The SMILES string of the molecule is CCOc1cc(/C=C/C(=O)NCc2ccc(F)cc2)ccc1OC(F)F. The first-order chi connectivity index (χ1) is 12.5. The average Bonchev–Trinajstić information content (AvgIpc) is 2.61. The fourth-order valence-electron chi connectivity index (χ4n) is 2.11. The molecule has 0 saturated heterocycles. The van der Waals surface area contributed by atoms with E-state index >= 15 is 0 Å². The molecule has 26 heavy (non-hydrogen) atoms. The topological polar surface area (TPSA) is 47.6 Å². The monoisotopic (exact) mass is 365 g/mol. The van der Waals surface area contributed by atoms with Gasteiger partial charge in [0.15, 0.2) is 11.5 Å². The van der Waals surface area contributed by atoms with Gasteiger partial charge in [-0.2, -0.15) is 8.78 Å². The molecule has 1 amide bonds. The lowest BCUT2D eigenvalue weighted by Gasteiger charge is -2.11. The molecular formula is C19H18F3NO3. The number of hydrogen-bond acceptors (Lipinski definition) is 3. The zero-order valence-corrected chi connectivity index (χ0v) is 14.0. The number of nitrogens with one attached hydrogen (secondary N) is 1. The molecule has 0 atom stereocenters. The molecule has 2 aromatic carbocycles. The minimum absolute atomic E-state index is 0.0697. The smallest absolute Gasteiger partial charge is 0.387 e. The third-order valence-corrected chi connectivity index (χ3v) is 3.29. The second kappa shape index (κ2) is 9.50. The van der Waals surface area contributed by atoms with Crippen molar-refractivity contribution < 1.29 is 27.4 Å². The van der Waals surface area contributed by atoms with Crippen LogP contribution in [-0.2, 0) is 11.3 Å². The van der Waals surface area contributed by atoms with E-state index in [9.17, 15) is 18.0 Å². The molecule has 2 rings (SSSR count). The fourth-order valence-corrected chi connectivity index (χ4v) is 2.11. The van der Waals surface area contributed by atoms with Crippen molar-refractivity contribution in [2.24, 2.45) is 0 Å². The van der Waals surface area contributed by atoms with Gasteiger partial charge in [0, 0.05) is 12.6 Å². The largest absolute Gasteiger partial charge is 0.490 e. The number of rotatable bonds is 8. The Morgan fingerprint density at radius 2 is 1.88 bits per heavy atom. The number of carbonyl (C=O) groups is 1. The highest BCUT2D eigenvalue weighted by molar-refractivity contribution is 5.91. The first-order valence-corrected chi connectivity index (χ1v) is 7.90. The molecular weight excluding hydrogens is 347 g/mol. The van der Waals surface area contributed by atoms with Crippen molar-refractivity contribution in [3.05, 3.63) is 65.5 Å². The molecule has 138 valence electrons. The zero-order valence-electron chi connectivity index (χ0n) is 14.0. The van der Waals surface area contributed by atoms with Crippen LogP contribution in [-0.4, -0.2) is 19.1 Å². The lowest BCUT2D eigenvalue weighted by atomic mass is 10.2. The molecule has 0 fully saturated rings. The standard InChI is InChI=1S/C19H18F3NO3/c1-2-25-17-11-13(5-9-16(17)26-19(21)22)6-10-18(24)23-12-14-3-7-15(20)8-4-14/h3-11,19H,2,12H2,1H3,(H,23,24)/b10-6+. The van der Waals surface area contributed by atoms with Gasteiger partial charge in [-0.1, -0.05) is 18.2 Å². The first kappa shape index (κ1) is 19.4. The number of alkyl halides is 2. The van der Waals surface area contributed by atoms with E-state index in [1.54, 1.807) is 19.1 Å². The lowest BCUT2D eigenvalue weighted by Crippen LogP contribution is -2.20. The minimum atomic E-state index is -2.95. The highest BCUT2D eigenvalue weighted by Crippen LogP contribution is 2.30. The van der Waals surface area contributed by atoms with Crippen molar-refractivity contribution in [3.8, 4) is 11.5 Å². The molecule has 0 unspecified atom stereocenters. The van der Waals surface area contributed by atoms with Gasteiger partial charge < -0.3 is 14.8 Å². The summed E-state index contributed by atoms with van der Waals surface area (Å²) < 4.78 is 47.2. The van der Waals surface area contributed by atoms with E-state index in [4.69, 9.17) is 4.74 Å². The summed E-state index contributed by atoms with van der Waals surface area (Å²) in [4.78, 5) is 11.9. The fraction of sp³-hybridized carbons (Fsp3) is 0.211. The Morgan fingerprint density at radius 1 is 1.15 bits per heavy atom. The Kier molecular flexibility index (Phi) is 7.08. The van der Waals surface area contributed by atoms with Gasteiger partial charge in [-0.3, -0.25) is 4.79 Å². The maximum absolute atomic E-state index is 12.8. The van der Waals surface area contributed by atoms with Crippen molar-refractivity contribution in [2.45, 2.75) is 20.1 Å². The molecule has 0 aromatic heterocycles. The van der Waals surface area contributed by atoms with E-state index in [1.807, 2.05) is 0 Å². The van der Waals surface area contributed by atoms with Crippen LogP contribution in [0.2, 0.25) is 0 Å². The summed E-state index contributed by atoms with van der Waals surface area (Å²) in [5.41, 5.74) is 1.35. The Bertz CT molecular complexity index is 761. The predicted molar refractivity (Wildman–Crippen MR) is 91.5 cm³/mol. The van der Waals surface area contributed by atoms with Gasteiger partial charge in [0.1, 0.15) is 5.82 Å². The van der Waals surface area contributed by atoms with E-state index in [2.05, 4.69) is 10.1 Å². The molecule has 0 aliphatic rings. The normalized spacial score (nSPS) is 11.0. The second-order valence-electron chi connectivity index (χ2n) is 5.20. The number of carbonyl (C=O) groups excluding carboxylic acids is 1. The number of halogens is 3. The molecule has 0 aliphatic carbocycles. The van der Waals surface area contributed by atoms with Crippen molar-refractivity contribution in [1.82, 2.24) is 5.32 Å². The van der Waals surface area contributed by atoms with Crippen LogP contribution in [0, 0.1) is 5.82 Å². The van der Waals surface area contributed by atoms with Gasteiger partial charge in [-0.15, -0.1) is 0 Å². The van der Waals surface area contributed by atoms with E-state index in [0.29, 0.717) is 5.56 Å². The number of benzene rings is 2. The van der Waals surface area contributed by atoms with Gasteiger partial charge in [-0.25, -0.2) is 4.39 Å². The number of amides is 1. The van der Waals surface area contributed by atoms with E-state index in [1.165, 1.54) is 42.5 Å². The Hall–Kier alpha value is -2.96. The van der Waals surface area contributed by atoms with Crippen molar-refractivity contribution in [1.29, 1.82) is 0 Å². The molecule has 2 aromatic rings. The first-order valence-electron chi connectivity index (χ1n) is 7.90. The summed E-state index contributed by atoms with van der Waals surface area (Å²) in [5.74, 6) is -0.592. The molecule has 7 heteroatoms. The van der Waals surface area contributed by atoms with Crippen molar-refractivity contribution in [3.63, 3.8) is 0 Å². The molecule has 0 saturated carbocycles. The second-order valence-corrected chi connectivity index (χ2v) is 5.20. The van der Waals surface area contributed by atoms with Gasteiger partial charge in [0.2, 0.25) is 5.91 Å². The molecule has 4 nitrogen and oxygen atoms in total. The predicted octanol–water partition coefficient (Wildman–Crippen LogP) is 4.16. The van der Waals surface area contributed by atoms with E-state index < -0.39 is 6.61 Å². The third kappa shape index (κ3) is 6.16. The Labute approximate surface area is 149 Å². The van der Waals surface area contributed by atoms with Crippen LogP contribution in [0.1, 0.15) is 18.1 Å². The maximum atomic E-state index is 12.8. The summed E-state index contributed by atoms with van der Waals surface area (Å²) in [6.45, 7) is -0.690. The number of ether oxygens (including phenoxy) is 2. The van der Waals surface area contributed by atoms with Crippen molar-refractivity contribution in [2.75, 3.05) is 6.61 Å². The Balaban J connectivity index is 1.98.